The van der Waals surface area contributed by atoms with Crippen molar-refractivity contribution in [2.45, 2.75) is 70.1 Å². The minimum atomic E-state index is -0.139. The van der Waals surface area contributed by atoms with Crippen LogP contribution in [0.25, 0.3) is 0 Å². The molecule has 7 nitrogen and oxygen atoms in total. The van der Waals surface area contributed by atoms with Gasteiger partial charge in [0.2, 0.25) is 5.75 Å². The summed E-state index contributed by atoms with van der Waals surface area (Å²) >= 11 is 0. The van der Waals surface area contributed by atoms with E-state index < -0.39 is 0 Å². The average Bonchev–Trinajstić information content (AvgIpc) is 3.35. The van der Waals surface area contributed by atoms with Crippen molar-refractivity contribution in [3.63, 3.8) is 0 Å². The Morgan fingerprint density at radius 3 is 2.26 bits per heavy atom. The highest BCUT2D eigenvalue weighted by atomic mass is 16.6. The molecule has 1 aliphatic heterocycles. The summed E-state index contributed by atoms with van der Waals surface area (Å²) in [6, 6.07) is 9.96. The van der Waals surface area contributed by atoms with Gasteiger partial charge in [-0.2, -0.15) is 0 Å². The number of rotatable bonds is 14. The van der Waals surface area contributed by atoms with Crippen molar-refractivity contribution in [2.24, 2.45) is 0 Å². The molecule has 1 saturated heterocycles. The smallest absolute Gasteiger partial charge is 0.305 e. The predicted octanol–water partition coefficient (Wildman–Crippen LogP) is 4.80. The number of hydrogen-bond acceptors (Lipinski definition) is 6. The Kier molecular flexibility index (Phi) is 10.5. The number of hydrogen-bond donors (Lipinski definition) is 0. The molecule has 0 spiro atoms. The maximum absolute atomic E-state index is 12.1. The van der Waals surface area contributed by atoms with Crippen molar-refractivity contribution < 1.29 is 33.0 Å². The first-order valence-electron chi connectivity index (χ1n) is 12.2. The normalized spacial score (nSPS) is 17.4. The van der Waals surface area contributed by atoms with Crippen LogP contribution in [0.1, 0.15) is 63.0 Å². The lowest BCUT2D eigenvalue weighted by molar-refractivity contribution is -0.697. The van der Waals surface area contributed by atoms with Gasteiger partial charge in [0.05, 0.1) is 33.5 Å². The monoisotopic (exact) mass is 472 g/mol. The molecule has 7 heteroatoms. The van der Waals surface area contributed by atoms with Gasteiger partial charge in [-0.3, -0.25) is 4.79 Å². The second kappa shape index (κ2) is 13.8. The molecule has 1 fully saturated rings. The molecule has 0 bridgehead atoms. The second-order valence-corrected chi connectivity index (χ2v) is 8.60. The number of nitrogens with zero attached hydrogens (tertiary/aromatic N) is 1. The van der Waals surface area contributed by atoms with E-state index in [0.29, 0.717) is 30.3 Å². The zero-order valence-electron chi connectivity index (χ0n) is 20.7. The van der Waals surface area contributed by atoms with E-state index in [9.17, 15) is 4.79 Å². The summed E-state index contributed by atoms with van der Waals surface area (Å²) in [5.74, 6) is 1.63. The van der Waals surface area contributed by atoms with E-state index in [2.05, 4.69) is 29.1 Å². The molecule has 0 saturated carbocycles. The lowest BCUT2D eigenvalue weighted by Crippen LogP contribution is -2.32. The van der Waals surface area contributed by atoms with Crippen molar-refractivity contribution in [3.05, 3.63) is 48.3 Å². The number of benzene rings is 1. The zero-order chi connectivity index (χ0) is 24.2. The first-order valence-corrected chi connectivity index (χ1v) is 12.2. The molecule has 1 aliphatic rings. The van der Waals surface area contributed by atoms with E-state index in [1.165, 1.54) is 6.42 Å². The van der Waals surface area contributed by atoms with Gasteiger partial charge in [0.15, 0.2) is 23.9 Å². The van der Waals surface area contributed by atoms with E-state index >= 15 is 0 Å². The quantitative estimate of drug-likeness (QED) is 0.223. The van der Waals surface area contributed by atoms with Gasteiger partial charge in [0, 0.05) is 25.0 Å². The Labute approximate surface area is 202 Å². The van der Waals surface area contributed by atoms with E-state index in [1.807, 2.05) is 18.2 Å². The molecule has 186 valence electrons. The Morgan fingerprint density at radius 1 is 0.912 bits per heavy atom. The van der Waals surface area contributed by atoms with E-state index in [1.54, 1.807) is 21.3 Å². The fraction of sp³-hybridized carbons (Fsp3) is 0.556. The highest BCUT2D eigenvalue weighted by molar-refractivity contribution is 5.69. The van der Waals surface area contributed by atoms with E-state index in [-0.39, 0.29) is 18.2 Å². The van der Waals surface area contributed by atoms with Crippen LogP contribution in [0.2, 0.25) is 0 Å². The van der Waals surface area contributed by atoms with Gasteiger partial charge in [-0.1, -0.05) is 18.9 Å². The fourth-order valence-corrected chi connectivity index (χ4v) is 4.30. The number of methoxy groups -OCH3 is 3. The molecule has 0 N–H and O–H groups in total. The Morgan fingerprint density at radius 2 is 1.59 bits per heavy atom. The molecule has 0 aliphatic carbocycles. The Hall–Kier alpha value is -2.80. The van der Waals surface area contributed by atoms with Gasteiger partial charge >= 0.3 is 5.97 Å². The van der Waals surface area contributed by atoms with Crippen molar-refractivity contribution in [1.29, 1.82) is 0 Å². The summed E-state index contributed by atoms with van der Waals surface area (Å²) in [5.41, 5.74) is 0.967. The number of aryl methyl sites for hydroxylation is 1. The Bertz CT molecular complexity index is 863. The van der Waals surface area contributed by atoms with Gasteiger partial charge in [-0.25, -0.2) is 4.57 Å². The molecule has 1 aromatic carbocycles. The fourth-order valence-electron chi connectivity index (χ4n) is 4.30. The molecular formula is C27H38NO6+. The summed E-state index contributed by atoms with van der Waals surface area (Å²) in [6.07, 6.45) is 11.6. The molecule has 1 aromatic heterocycles. The molecular weight excluding hydrogens is 434 g/mol. The van der Waals surface area contributed by atoms with Crippen LogP contribution in [0.4, 0.5) is 0 Å². The molecule has 0 amide bonds. The van der Waals surface area contributed by atoms with Gasteiger partial charge in [-0.15, -0.1) is 0 Å². The standard InChI is InChI=1S/C27H38NO6/c1-30-24-18-21(19-25(31-2)27(24)32-3)23-14-13-22(34-23)20-33-26(29)12-8-5-4-6-9-15-28-16-10-7-11-17-28/h7,10-11,16-19,22-23H,4-6,8-9,12-15,20H2,1-3H3/q+1. The topological polar surface area (TPSA) is 67.1 Å². The summed E-state index contributed by atoms with van der Waals surface area (Å²) in [4.78, 5) is 12.1. The predicted molar refractivity (Wildman–Crippen MR) is 128 cm³/mol. The van der Waals surface area contributed by atoms with Gasteiger partial charge in [-0.05, 0) is 43.4 Å². The Balaban J connectivity index is 1.31. The SMILES string of the molecule is COc1cc(C2CCC(COC(=O)CCCCCCC[n+]3ccccc3)O2)cc(OC)c1OC. The number of pyridine rings is 1. The maximum atomic E-state index is 12.1. The lowest BCUT2D eigenvalue weighted by atomic mass is 10.0. The molecule has 2 atom stereocenters. The second-order valence-electron chi connectivity index (χ2n) is 8.60. The van der Waals surface area contributed by atoms with Crippen molar-refractivity contribution in [2.75, 3.05) is 27.9 Å². The third-order valence-corrected chi connectivity index (χ3v) is 6.17. The van der Waals surface area contributed by atoms with E-state index in [4.69, 9.17) is 23.7 Å². The third-order valence-electron chi connectivity index (χ3n) is 6.17. The molecule has 2 unspecified atom stereocenters. The van der Waals surface area contributed by atoms with Crippen molar-refractivity contribution in [1.82, 2.24) is 0 Å². The molecule has 3 rings (SSSR count). The highest BCUT2D eigenvalue weighted by Gasteiger charge is 2.29. The molecule has 2 aromatic rings. The lowest BCUT2D eigenvalue weighted by Gasteiger charge is -2.18. The summed E-state index contributed by atoms with van der Waals surface area (Å²) in [7, 11) is 4.78. The van der Waals surface area contributed by atoms with Crippen LogP contribution < -0.4 is 18.8 Å². The first-order chi connectivity index (χ1) is 16.6. The van der Waals surface area contributed by atoms with Crippen LogP contribution in [-0.4, -0.2) is 40.0 Å². The van der Waals surface area contributed by atoms with Crippen LogP contribution in [0.3, 0.4) is 0 Å². The van der Waals surface area contributed by atoms with Gasteiger partial charge in [0.1, 0.15) is 13.2 Å². The van der Waals surface area contributed by atoms with Gasteiger partial charge < -0.3 is 23.7 Å². The van der Waals surface area contributed by atoms with Gasteiger partial charge in [0.25, 0.3) is 0 Å². The number of ether oxygens (including phenoxy) is 5. The van der Waals surface area contributed by atoms with Crippen molar-refractivity contribution in [3.8, 4) is 17.2 Å². The van der Waals surface area contributed by atoms with Crippen LogP contribution in [0, 0.1) is 0 Å². The van der Waals surface area contributed by atoms with Crippen LogP contribution in [0.15, 0.2) is 42.7 Å². The number of unbranched alkanes of at least 4 members (excludes halogenated alkanes) is 4. The molecule has 34 heavy (non-hydrogen) atoms. The summed E-state index contributed by atoms with van der Waals surface area (Å²) in [6.45, 7) is 1.34. The third kappa shape index (κ3) is 7.62. The number of carbonyl (C=O) groups excluding carboxylic acids is 1. The van der Waals surface area contributed by atoms with Crippen LogP contribution in [-0.2, 0) is 20.8 Å². The number of esters is 1. The van der Waals surface area contributed by atoms with Crippen molar-refractivity contribution >= 4 is 5.97 Å². The minimum Gasteiger partial charge on any atom is -0.493 e. The minimum absolute atomic E-state index is 0.0912. The molecule has 2 heterocycles. The largest absolute Gasteiger partial charge is 0.493 e. The van der Waals surface area contributed by atoms with E-state index in [0.717, 1.165) is 50.6 Å². The van der Waals surface area contributed by atoms with Crippen LogP contribution in [0.5, 0.6) is 17.2 Å². The number of carbonyl (C=O) groups is 1. The summed E-state index contributed by atoms with van der Waals surface area (Å²) < 4.78 is 30.1. The zero-order valence-corrected chi connectivity index (χ0v) is 20.7. The van der Waals surface area contributed by atoms with Crippen LogP contribution >= 0.6 is 0 Å². The maximum Gasteiger partial charge on any atom is 0.305 e. The number of aromatic nitrogens is 1. The highest BCUT2D eigenvalue weighted by Crippen LogP contribution is 2.43. The average molecular weight is 473 g/mol. The summed E-state index contributed by atoms with van der Waals surface area (Å²) in [5, 5.41) is 0. The molecule has 0 radical (unpaired) electrons. The first kappa shape index (κ1) is 25.8.